The lowest BCUT2D eigenvalue weighted by molar-refractivity contribution is -0.141. The molecule has 2 atom stereocenters. The van der Waals surface area contributed by atoms with Gasteiger partial charge in [-0.2, -0.15) is 0 Å². The average Bonchev–Trinajstić information content (AvgIpc) is 2.91. The Kier molecular flexibility index (Phi) is 5.23. The molecule has 2 rings (SSSR count). The van der Waals surface area contributed by atoms with Crippen LogP contribution in [0.4, 0.5) is 0 Å². The SMILES string of the molecule is CC(CC(=O)N1CCC(C(=O)O)C1)Cc1ccc(Cl)cc1. The largest absolute Gasteiger partial charge is 0.481 e. The number of carboxylic acid groups (broad SMARTS) is 1. The van der Waals surface area contributed by atoms with Crippen LogP contribution >= 0.6 is 11.6 Å². The van der Waals surface area contributed by atoms with Gasteiger partial charge >= 0.3 is 5.97 Å². The summed E-state index contributed by atoms with van der Waals surface area (Å²) in [6, 6.07) is 7.64. The van der Waals surface area contributed by atoms with Crippen LogP contribution in [-0.4, -0.2) is 35.0 Å². The molecule has 1 saturated heterocycles. The minimum atomic E-state index is -0.806. The third-order valence-electron chi connectivity index (χ3n) is 3.91. The molecule has 1 N–H and O–H groups in total. The van der Waals surface area contributed by atoms with Crippen molar-refractivity contribution >= 4 is 23.5 Å². The molecule has 0 aromatic heterocycles. The van der Waals surface area contributed by atoms with E-state index in [9.17, 15) is 9.59 Å². The molecule has 0 bridgehead atoms. The number of nitrogens with zero attached hydrogens (tertiary/aromatic N) is 1. The number of likely N-dealkylation sites (tertiary alicyclic amines) is 1. The van der Waals surface area contributed by atoms with E-state index in [0.29, 0.717) is 31.0 Å². The second kappa shape index (κ2) is 6.94. The summed E-state index contributed by atoms with van der Waals surface area (Å²) < 4.78 is 0. The van der Waals surface area contributed by atoms with Gasteiger partial charge in [0.25, 0.3) is 0 Å². The van der Waals surface area contributed by atoms with Crippen LogP contribution in [-0.2, 0) is 16.0 Å². The van der Waals surface area contributed by atoms with E-state index in [2.05, 4.69) is 0 Å². The summed E-state index contributed by atoms with van der Waals surface area (Å²) in [7, 11) is 0. The van der Waals surface area contributed by atoms with Gasteiger partial charge in [-0.05, 0) is 36.5 Å². The van der Waals surface area contributed by atoms with Crippen LogP contribution in [0.15, 0.2) is 24.3 Å². The number of rotatable bonds is 5. The topological polar surface area (TPSA) is 57.6 Å². The van der Waals surface area contributed by atoms with Crippen LogP contribution < -0.4 is 0 Å². The van der Waals surface area contributed by atoms with Crippen molar-refractivity contribution < 1.29 is 14.7 Å². The van der Waals surface area contributed by atoms with E-state index in [1.807, 2.05) is 31.2 Å². The monoisotopic (exact) mass is 309 g/mol. The lowest BCUT2D eigenvalue weighted by Crippen LogP contribution is -2.31. The van der Waals surface area contributed by atoms with Gasteiger partial charge in [-0.15, -0.1) is 0 Å². The number of aliphatic carboxylic acids is 1. The van der Waals surface area contributed by atoms with Crippen molar-refractivity contribution in [1.82, 2.24) is 4.90 Å². The van der Waals surface area contributed by atoms with Gasteiger partial charge in [0.2, 0.25) is 5.91 Å². The summed E-state index contributed by atoms with van der Waals surface area (Å²) in [4.78, 5) is 24.8. The molecule has 1 amide bonds. The first-order valence-corrected chi connectivity index (χ1v) is 7.58. The van der Waals surface area contributed by atoms with E-state index in [1.165, 1.54) is 0 Å². The maximum Gasteiger partial charge on any atom is 0.308 e. The molecule has 1 fully saturated rings. The average molecular weight is 310 g/mol. The zero-order valence-corrected chi connectivity index (χ0v) is 12.8. The Balaban J connectivity index is 1.82. The lowest BCUT2D eigenvalue weighted by atomic mass is 9.97. The fourth-order valence-corrected chi connectivity index (χ4v) is 2.84. The standard InChI is InChI=1S/C16H20ClNO3/c1-11(8-12-2-4-14(17)5-3-12)9-15(19)18-7-6-13(10-18)16(20)21/h2-5,11,13H,6-10H2,1H3,(H,20,21). The molecule has 21 heavy (non-hydrogen) atoms. The van der Waals surface area contributed by atoms with Crippen molar-refractivity contribution in [3.63, 3.8) is 0 Å². The molecule has 1 aliphatic rings. The number of carbonyl (C=O) groups is 2. The second-order valence-electron chi connectivity index (χ2n) is 5.80. The van der Waals surface area contributed by atoms with E-state index in [4.69, 9.17) is 16.7 Å². The van der Waals surface area contributed by atoms with E-state index in [0.717, 1.165) is 12.0 Å². The van der Waals surface area contributed by atoms with E-state index in [-0.39, 0.29) is 11.8 Å². The smallest absolute Gasteiger partial charge is 0.308 e. The predicted octanol–water partition coefficient (Wildman–Crippen LogP) is 2.84. The van der Waals surface area contributed by atoms with Crippen LogP contribution in [0.5, 0.6) is 0 Å². The van der Waals surface area contributed by atoms with Crippen molar-refractivity contribution in [2.45, 2.75) is 26.2 Å². The van der Waals surface area contributed by atoms with Crippen molar-refractivity contribution in [3.8, 4) is 0 Å². The van der Waals surface area contributed by atoms with Crippen molar-refractivity contribution in [3.05, 3.63) is 34.9 Å². The van der Waals surface area contributed by atoms with Crippen molar-refractivity contribution in [1.29, 1.82) is 0 Å². The lowest BCUT2D eigenvalue weighted by Gasteiger charge is -2.18. The highest BCUT2D eigenvalue weighted by Gasteiger charge is 2.31. The highest BCUT2D eigenvalue weighted by molar-refractivity contribution is 6.30. The van der Waals surface area contributed by atoms with Gasteiger partial charge < -0.3 is 10.0 Å². The molecular weight excluding hydrogens is 290 g/mol. The zero-order valence-electron chi connectivity index (χ0n) is 12.1. The molecule has 0 saturated carbocycles. The molecule has 1 aliphatic heterocycles. The van der Waals surface area contributed by atoms with Gasteiger partial charge in [-0.25, -0.2) is 0 Å². The highest BCUT2D eigenvalue weighted by atomic mass is 35.5. The molecule has 1 aromatic rings. The summed E-state index contributed by atoms with van der Waals surface area (Å²) in [6.45, 7) is 2.95. The van der Waals surface area contributed by atoms with E-state index < -0.39 is 11.9 Å². The van der Waals surface area contributed by atoms with Crippen LogP contribution in [0.1, 0.15) is 25.3 Å². The molecule has 4 nitrogen and oxygen atoms in total. The fourth-order valence-electron chi connectivity index (χ4n) is 2.71. The Morgan fingerprint density at radius 3 is 2.62 bits per heavy atom. The Morgan fingerprint density at radius 1 is 1.38 bits per heavy atom. The van der Waals surface area contributed by atoms with E-state index >= 15 is 0 Å². The fraction of sp³-hybridized carbons (Fsp3) is 0.500. The number of halogens is 1. The quantitative estimate of drug-likeness (QED) is 0.910. The molecule has 1 heterocycles. The zero-order chi connectivity index (χ0) is 15.4. The number of amides is 1. The van der Waals surface area contributed by atoms with Gasteiger partial charge in [0.05, 0.1) is 5.92 Å². The number of hydrogen-bond donors (Lipinski definition) is 1. The van der Waals surface area contributed by atoms with Crippen LogP contribution in [0.3, 0.4) is 0 Å². The summed E-state index contributed by atoms with van der Waals surface area (Å²) in [6.07, 6.45) is 1.83. The van der Waals surface area contributed by atoms with Gasteiger partial charge in [0.1, 0.15) is 0 Å². The first-order chi connectivity index (χ1) is 9.95. The van der Waals surface area contributed by atoms with Crippen LogP contribution in [0.2, 0.25) is 5.02 Å². The Bertz CT molecular complexity index is 515. The molecule has 0 radical (unpaired) electrons. The number of carbonyl (C=O) groups excluding carboxylic acids is 1. The molecule has 0 spiro atoms. The minimum absolute atomic E-state index is 0.0558. The molecule has 0 aliphatic carbocycles. The first-order valence-electron chi connectivity index (χ1n) is 7.20. The van der Waals surface area contributed by atoms with Gasteiger partial charge in [-0.1, -0.05) is 30.7 Å². The van der Waals surface area contributed by atoms with Gasteiger partial charge in [-0.3, -0.25) is 9.59 Å². The summed E-state index contributed by atoms with van der Waals surface area (Å²) in [5, 5.41) is 9.67. The van der Waals surface area contributed by atoms with Gasteiger partial charge in [0, 0.05) is 24.5 Å². The Labute approximate surface area is 129 Å². The third-order valence-corrected chi connectivity index (χ3v) is 4.16. The van der Waals surface area contributed by atoms with Crippen molar-refractivity contribution in [2.24, 2.45) is 11.8 Å². The molecule has 1 aromatic carbocycles. The number of carboxylic acids is 1. The van der Waals surface area contributed by atoms with Crippen molar-refractivity contribution in [2.75, 3.05) is 13.1 Å². The molecule has 114 valence electrons. The molecule has 2 unspecified atom stereocenters. The van der Waals surface area contributed by atoms with Crippen LogP contribution in [0.25, 0.3) is 0 Å². The Morgan fingerprint density at radius 2 is 2.05 bits per heavy atom. The summed E-state index contributed by atoms with van der Waals surface area (Å²) in [5.74, 6) is -0.928. The first kappa shape index (κ1) is 15.8. The maximum absolute atomic E-state index is 12.2. The summed E-state index contributed by atoms with van der Waals surface area (Å²) in [5.41, 5.74) is 1.16. The minimum Gasteiger partial charge on any atom is -0.481 e. The van der Waals surface area contributed by atoms with Gasteiger partial charge in [0.15, 0.2) is 0 Å². The number of benzene rings is 1. The third kappa shape index (κ3) is 4.46. The molecular formula is C16H20ClNO3. The second-order valence-corrected chi connectivity index (χ2v) is 6.24. The highest BCUT2D eigenvalue weighted by Crippen LogP contribution is 2.20. The number of hydrogen-bond acceptors (Lipinski definition) is 2. The Hall–Kier alpha value is -1.55. The van der Waals surface area contributed by atoms with Crippen LogP contribution in [0, 0.1) is 11.8 Å². The normalized spacial score (nSPS) is 19.5. The predicted molar refractivity (Wildman–Crippen MR) is 81.3 cm³/mol. The molecule has 5 heteroatoms. The summed E-state index contributed by atoms with van der Waals surface area (Å²) >= 11 is 5.85. The maximum atomic E-state index is 12.2. The van der Waals surface area contributed by atoms with E-state index in [1.54, 1.807) is 4.90 Å².